The van der Waals surface area contributed by atoms with Crippen LogP contribution in [0.2, 0.25) is 0 Å². The van der Waals surface area contributed by atoms with Crippen LogP contribution in [0.4, 0.5) is 4.39 Å². The molecular weight excluding hydrogens is 223 g/mol. The van der Waals surface area contributed by atoms with E-state index in [1.54, 1.807) is 0 Å². The first-order valence-corrected chi connectivity index (χ1v) is 5.15. The number of rotatable bonds is 3. The molecule has 0 saturated carbocycles. The Morgan fingerprint density at radius 2 is 2.24 bits per heavy atom. The van der Waals surface area contributed by atoms with Crippen LogP contribution >= 0.6 is 0 Å². The van der Waals surface area contributed by atoms with E-state index in [0.29, 0.717) is 17.9 Å². The lowest BCUT2D eigenvalue weighted by Gasteiger charge is -2.05. The maximum atomic E-state index is 13.0. The molecule has 3 nitrogen and oxygen atoms in total. The van der Waals surface area contributed by atoms with Crippen LogP contribution in [0.25, 0.3) is 0 Å². The molecule has 1 aromatic rings. The molecule has 0 atom stereocenters. The number of carbonyl (C=O) groups excluding carboxylic acids is 1. The van der Waals surface area contributed by atoms with Gasteiger partial charge in [0.15, 0.2) is 0 Å². The van der Waals surface area contributed by atoms with E-state index < -0.39 is 11.8 Å². The second-order valence-electron chi connectivity index (χ2n) is 3.13. The minimum atomic E-state index is -0.424. The van der Waals surface area contributed by atoms with Crippen molar-refractivity contribution < 1.29 is 18.7 Å². The minimum Gasteiger partial charge on any atom is -0.493 e. The van der Waals surface area contributed by atoms with Crippen LogP contribution in [0.3, 0.4) is 0 Å². The molecule has 0 bridgehead atoms. The summed E-state index contributed by atoms with van der Waals surface area (Å²) in [7, 11) is 1.29. The minimum absolute atomic E-state index is 0.0292. The van der Waals surface area contributed by atoms with Crippen LogP contribution in [0, 0.1) is 17.7 Å². The molecule has 0 fully saturated rings. The topological polar surface area (TPSA) is 35.5 Å². The Balaban J connectivity index is 2.87. The number of hydrogen-bond acceptors (Lipinski definition) is 3. The largest absolute Gasteiger partial charge is 0.493 e. The van der Waals surface area contributed by atoms with Gasteiger partial charge in [-0.25, -0.2) is 4.39 Å². The van der Waals surface area contributed by atoms with Crippen LogP contribution in [0.1, 0.15) is 18.9 Å². The fourth-order valence-electron chi connectivity index (χ4n) is 1.17. The number of carbonyl (C=O) groups is 1. The van der Waals surface area contributed by atoms with E-state index in [4.69, 9.17) is 4.74 Å². The number of methoxy groups -OCH3 is 1. The molecule has 0 unspecified atom stereocenters. The van der Waals surface area contributed by atoms with Gasteiger partial charge in [0.2, 0.25) is 0 Å². The van der Waals surface area contributed by atoms with Crippen molar-refractivity contribution in [3.8, 4) is 17.6 Å². The zero-order chi connectivity index (χ0) is 12.7. The van der Waals surface area contributed by atoms with E-state index >= 15 is 0 Å². The fraction of sp³-hybridized carbons (Fsp3) is 0.308. The quantitative estimate of drug-likeness (QED) is 0.595. The molecule has 0 amide bonds. The fourth-order valence-corrected chi connectivity index (χ4v) is 1.17. The highest BCUT2D eigenvalue weighted by atomic mass is 19.1. The van der Waals surface area contributed by atoms with E-state index in [2.05, 4.69) is 16.6 Å². The summed E-state index contributed by atoms with van der Waals surface area (Å²) in [4.78, 5) is 10.8. The van der Waals surface area contributed by atoms with Crippen LogP contribution in [-0.4, -0.2) is 19.7 Å². The summed E-state index contributed by atoms with van der Waals surface area (Å²) in [5.74, 6) is 4.98. The van der Waals surface area contributed by atoms with Gasteiger partial charge in [-0.15, -0.1) is 0 Å². The van der Waals surface area contributed by atoms with Gasteiger partial charge in [0.05, 0.1) is 19.3 Å². The zero-order valence-electron chi connectivity index (χ0n) is 9.75. The van der Waals surface area contributed by atoms with Gasteiger partial charge in [0.25, 0.3) is 0 Å². The standard InChI is InChI=1S/C13H13FO3/c1-3-17-12-8-7-11(14)9-10(12)5-4-6-13(15)16-2/h7-9H,3,6H2,1-2H3. The van der Waals surface area contributed by atoms with Crippen molar-refractivity contribution in [2.45, 2.75) is 13.3 Å². The lowest BCUT2D eigenvalue weighted by molar-refractivity contribution is -0.139. The third kappa shape index (κ3) is 4.15. The van der Waals surface area contributed by atoms with Gasteiger partial charge >= 0.3 is 5.97 Å². The van der Waals surface area contributed by atoms with Crippen molar-refractivity contribution in [3.05, 3.63) is 29.6 Å². The monoisotopic (exact) mass is 236 g/mol. The van der Waals surface area contributed by atoms with Gasteiger partial charge < -0.3 is 9.47 Å². The number of esters is 1. The average Bonchev–Trinajstić information content (AvgIpc) is 2.32. The summed E-state index contributed by atoms with van der Waals surface area (Å²) in [6, 6.07) is 4.09. The highest BCUT2D eigenvalue weighted by Gasteiger charge is 2.02. The third-order valence-corrected chi connectivity index (χ3v) is 1.92. The Morgan fingerprint density at radius 3 is 2.88 bits per heavy atom. The Morgan fingerprint density at radius 1 is 1.47 bits per heavy atom. The zero-order valence-corrected chi connectivity index (χ0v) is 9.75. The van der Waals surface area contributed by atoms with Crippen molar-refractivity contribution in [3.63, 3.8) is 0 Å². The molecule has 90 valence electrons. The maximum Gasteiger partial charge on any atom is 0.317 e. The lowest BCUT2D eigenvalue weighted by Crippen LogP contribution is -1.98. The Kier molecular flexibility index (Phi) is 5.02. The Labute approximate surface area is 99.5 Å². The molecule has 0 aliphatic rings. The van der Waals surface area contributed by atoms with Gasteiger partial charge in [0, 0.05) is 0 Å². The highest BCUT2D eigenvalue weighted by molar-refractivity contribution is 5.72. The predicted octanol–water partition coefficient (Wildman–Crippen LogP) is 2.14. The third-order valence-electron chi connectivity index (χ3n) is 1.92. The molecule has 1 aromatic carbocycles. The van der Waals surface area contributed by atoms with Gasteiger partial charge in [-0.05, 0) is 25.1 Å². The second kappa shape index (κ2) is 6.54. The van der Waals surface area contributed by atoms with Gasteiger partial charge in [0.1, 0.15) is 18.0 Å². The number of benzene rings is 1. The molecule has 0 aromatic heterocycles. The van der Waals surface area contributed by atoms with E-state index in [-0.39, 0.29) is 6.42 Å². The van der Waals surface area contributed by atoms with Gasteiger partial charge in [-0.2, -0.15) is 0 Å². The molecule has 0 aliphatic heterocycles. The molecular formula is C13H13FO3. The molecule has 1 rings (SSSR count). The Bertz CT molecular complexity index is 457. The normalized spacial score (nSPS) is 9.12. The first kappa shape index (κ1) is 13.0. The predicted molar refractivity (Wildman–Crippen MR) is 61.1 cm³/mol. The van der Waals surface area contributed by atoms with Crippen LogP contribution in [0.15, 0.2) is 18.2 Å². The summed E-state index contributed by atoms with van der Waals surface area (Å²) < 4.78 is 22.8. The van der Waals surface area contributed by atoms with E-state index in [0.717, 1.165) is 0 Å². The highest BCUT2D eigenvalue weighted by Crippen LogP contribution is 2.18. The smallest absolute Gasteiger partial charge is 0.317 e. The van der Waals surface area contributed by atoms with Crippen molar-refractivity contribution in [1.82, 2.24) is 0 Å². The van der Waals surface area contributed by atoms with E-state index in [1.807, 2.05) is 6.92 Å². The molecule has 0 radical (unpaired) electrons. The molecule has 0 aliphatic carbocycles. The van der Waals surface area contributed by atoms with E-state index in [1.165, 1.54) is 25.3 Å². The average molecular weight is 236 g/mol. The SMILES string of the molecule is CCOc1ccc(F)cc1C#CCC(=O)OC. The first-order valence-electron chi connectivity index (χ1n) is 5.15. The van der Waals surface area contributed by atoms with Crippen molar-refractivity contribution in [2.24, 2.45) is 0 Å². The maximum absolute atomic E-state index is 13.0. The van der Waals surface area contributed by atoms with Crippen LogP contribution in [-0.2, 0) is 9.53 Å². The number of ether oxygens (including phenoxy) is 2. The number of hydrogen-bond donors (Lipinski definition) is 0. The summed E-state index contributed by atoms with van der Waals surface area (Å²) in [6.45, 7) is 2.30. The molecule has 0 heterocycles. The van der Waals surface area contributed by atoms with Crippen LogP contribution < -0.4 is 4.74 Å². The second-order valence-corrected chi connectivity index (χ2v) is 3.13. The van der Waals surface area contributed by atoms with Crippen molar-refractivity contribution in [2.75, 3.05) is 13.7 Å². The molecule has 4 heteroatoms. The summed E-state index contributed by atoms with van der Waals surface area (Å²) in [6.07, 6.45) is -0.0292. The molecule has 0 spiro atoms. The van der Waals surface area contributed by atoms with E-state index in [9.17, 15) is 9.18 Å². The van der Waals surface area contributed by atoms with Crippen molar-refractivity contribution >= 4 is 5.97 Å². The van der Waals surface area contributed by atoms with Crippen molar-refractivity contribution in [1.29, 1.82) is 0 Å². The van der Waals surface area contributed by atoms with Gasteiger partial charge in [-0.3, -0.25) is 4.79 Å². The molecule has 17 heavy (non-hydrogen) atoms. The summed E-state index contributed by atoms with van der Waals surface area (Å²) in [5, 5.41) is 0. The first-order chi connectivity index (χ1) is 8.17. The Hall–Kier alpha value is -2.02. The molecule has 0 saturated heterocycles. The lowest BCUT2D eigenvalue weighted by atomic mass is 10.2. The summed E-state index contributed by atoms with van der Waals surface area (Å²) in [5.41, 5.74) is 0.427. The summed E-state index contributed by atoms with van der Waals surface area (Å²) >= 11 is 0. The number of halogens is 1. The van der Waals surface area contributed by atoms with Crippen LogP contribution in [0.5, 0.6) is 5.75 Å². The molecule has 0 N–H and O–H groups in total. The van der Waals surface area contributed by atoms with Gasteiger partial charge in [-0.1, -0.05) is 11.8 Å².